The molecule has 0 spiro atoms. The number of fused-ring (bicyclic) bond motifs is 1. The highest BCUT2D eigenvalue weighted by Crippen LogP contribution is 2.30. The molecule has 3 rings (SSSR count). The van der Waals surface area contributed by atoms with E-state index < -0.39 is 0 Å². The Morgan fingerprint density at radius 1 is 1.22 bits per heavy atom. The van der Waals surface area contributed by atoms with E-state index >= 15 is 0 Å². The summed E-state index contributed by atoms with van der Waals surface area (Å²) in [5.74, 6) is 1.13. The fourth-order valence-electron chi connectivity index (χ4n) is 2.35. The minimum absolute atomic E-state index is 0.176. The number of halogens is 1. The topological polar surface area (TPSA) is 55.0 Å². The van der Waals surface area contributed by atoms with Crippen molar-refractivity contribution in [2.24, 2.45) is 0 Å². The van der Waals surface area contributed by atoms with Crippen LogP contribution in [0.15, 0.2) is 47.3 Å². The molecule has 0 bridgehead atoms. The van der Waals surface area contributed by atoms with Gasteiger partial charge in [0, 0.05) is 5.02 Å². The molecule has 0 aliphatic rings. The smallest absolute Gasteiger partial charge is 0.259 e. The van der Waals surface area contributed by atoms with Gasteiger partial charge in [0.1, 0.15) is 11.6 Å². The Hall–Kier alpha value is -2.33. The number of nitrogens with zero attached hydrogens (tertiary/aromatic N) is 1. The van der Waals surface area contributed by atoms with Crippen molar-refractivity contribution in [1.82, 2.24) is 9.97 Å². The number of hydrogen-bond donors (Lipinski definition) is 1. The molecule has 0 fully saturated rings. The quantitative estimate of drug-likeness (QED) is 0.705. The van der Waals surface area contributed by atoms with E-state index in [1.54, 1.807) is 18.2 Å². The Morgan fingerprint density at radius 3 is 2.87 bits per heavy atom. The number of H-pyrrole nitrogens is 1. The van der Waals surface area contributed by atoms with Gasteiger partial charge in [-0.15, -0.1) is 0 Å². The van der Waals surface area contributed by atoms with Gasteiger partial charge in [-0.05, 0) is 36.8 Å². The zero-order valence-corrected chi connectivity index (χ0v) is 13.6. The Morgan fingerprint density at radius 2 is 2.04 bits per heavy atom. The van der Waals surface area contributed by atoms with Crippen LogP contribution in [0.1, 0.15) is 19.8 Å². The second kappa shape index (κ2) is 6.84. The fourth-order valence-corrected chi connectivity index (χ4v) is 2.53. The maximum Gasteiger partial charge on any atom is 0.259 e. The molecule has 0 radical (unpaired) electrons. The first-order valence-corrected chi connectivity index (χ1v) is 7.98. The molecular formula is C18H17ClN2O2. The number of benzene rings is 2. The van der Waals surface area contributed by atoms with Crippen LogP contribution in [0.25, 0.3) is 22.3 Å². The predicted octanol–water partition coefficient (Wildman–Crippen LogP) is 4.42. The molecule has 1 N–H and O–H groups in total. The maximum absolute atomic E-state index is 12.3. The number of nitrogens with one attached hydrogen (secondary N) is 1. The van der Waals surface area contributed by atoms with E-state index in [-0.39, 0.29) is 5.56 Å². The van der Waals surface area contributed by atoms with Gasteiger partial charge in [-0.1, -0.05) is 37.1 Å². The number of para-hydroxylation sites is 1. The number of ether oxygens (including phenoxy) is 1. The van der Waals surface area contributed by atoms with Crippen LogP contribution in [0.4, 0.5) is 0 Å². The van der Waals surface area contributed by atoms with Crippen molar-refractivity contribution >= 4 is 22.5 Å². The standard InChI is InChI=1S/C18H17ClN2O2/c1-2-3-10-23-16-9-8-12(19)11-14(16)17-20-15-7-5-4-6-13(15)18(22)21-17/h4-9,11H,2-3,10H2,1H3,(H,20,21,22). The Labute approximate surface area is 139 Å². The van der Waals surface area contributed by atoms with Crippen LogP contribution < -0.4 is 10.3 Å². The van der Waals surface area contributed by atoms with Crippen molar-refractivity contribution in [3.8, 4) is 17.1 Å². The van der Waals surface area contributed by atoms with E-state index in [9.17, 15) is 4.79 Å². The number of unbranched alkanes of at least 4 members (excludes halogenated alkanes) is 1. The molecule has 0 aliphatic carbocycles. The molecule has 4 nitrogen and oxygen atoms in total. The summed E-state index contributed by atoms with van der Waals surface area (Å²) in [6.07, 6.45) is 2.01. The van der Waals surface area contributed by atoms with Gasteiger partial charge < -0.3 is 9.72 Å². The molecule has 0 atom stereocenters. The van der Waals surface area contributed by atoms with E-state index in [4.69, 9.17) is 16.3 Å². The van der Waals surface area contributed by atoms with Crippen molar-refractivity contribution in [1.29, 1.82) is 0 Å². The van der Waals surface area contributed by atoms with Crippen LogP contribution >= 0.6 is 11.6 Å². The molecule has 0 amide bonds. The van der Waals surface area contributed by atoms with Gasteiger partial charge in [-0.25, -0.2) is 4.98 Å². The van der Waals surface area contributed by atoms with E-state index in [0.717, 1.165) is 12.8 Å². The molecule has 23 heavy (non-hydrogen) atoms. The summed E-state index contributed by atoms with van der Waals surface area (Å²) in [7, 11) is 0. The van der Waals surface area contributed by atoms with Crippen molar-refractivity contribution in [2.45, 2.75) is 19.8 Å². The highest BCUT2D eigenvalue weighted by molar-refractivity contribution is 6.30. The van der Waals surface area contributed by atoms with Crippen LogP contribution in [-0.2, 0) is 0 Å². The van der Waals surface area contributed by atoms with Crippen LogP contribution in [0.5, 0.6) is 5.75 Å². The van der Waals surface area contributed by atoms with Gasteiger partial charge in [0.25, 0.3) is 5.56 Å². The van der Waals surface area contributed by atoms with Crippen molar-refractivity contribution in [3.05, 3.63) is 57.8 Å². The molecule has 0 saturated carbocycles. The minimum Gasteiger partial charge on any atom is -0.493 e. The molecule has 0 unspecified atom stereocenters. The van der Waals surface area contributed by atoms with E-state index in [1.165, 1.54) is 0 Å². The second-order valence-corrected chi connectivity index (χ2v) is 5.71. The Kier molecular flexibility index (Phi) is 4.63. The average molecular weight is 329 g/mol. The predicted molar refractivity (Wildman–Crippen MR) is 93.2 cm³/mol. The van der Waals surface area contributed by atoms with Gasteiger partial charge >= 0.3 is 0 Å². The summed E-state index contributed by atoms with van der Waals surface area (Å²) >= 11 is 6.11. The first-order valence-electron chi connectivity index (χ1n) is 7.61. The second-order valence-electron chi connectivity index (χ2n) is 5.27. The van der Waals surface area contributed by atoms with Crippen LogP contribution in [0.3, 0.4) is 0 Å². The lowest BCUT2D eigenvalue weighted by atomic mass is 10.1. The van der Waals surface area contributed by atoms with Gasteiger partial charge in [0.2, 0.25) is 0 Å². The van der Waals surface area contributed by atoms with Gasteiger partial charge in [-0.3, -0.25) is 4.79 Å². The van der Waals surface area contributed by atoms with Crippen LogP contribution in [0, 0.1) is 0 Å². The first-order chi connectivity index (χ1) is 11.2. The van der Waals surface area contributed by atoms with E-state index in [1.807, 2.05) is 24.3 Å². The summed E-state index contributed by atoms with van der Waals surface area (Å²) in [6, 6.07) is 12.6. The summed E-state index contributed by atoms with van der Waals surface area (Å²) in [5, 5.41) is 1.13. The maximum atomic E-state index is 12.3. The fraction of sp³-hybridized carbons (Fsp3) is 0.222. The molecule has 118 valence electrons. The minimum atomic E-state index is -0.176. The van der Waals surface area contributed by atoms with E-state index in [0.29, 0.717) is 39.7 Å². The highest BCUT2D eigenvalue weighted by Gasteiger charge is 2.12. The summed E-state index contributed by atoms with van der Waals surface area (Å²) in [5.41, 5.74) is 1.16. The molecule has 0 saturated heterocycles. The third kappa shape index (κ3) is 3.37. The lowest BCUT2D eigenvalue weighted by Crippen LogP contribution is -2.10. The van der Waals surface area contributed by atoms with Crippen molar-refractivity contribution in [3.63, 3.8) is 0 Å². The number of hydrogen-bond acceptors (Lipinski definition) is 3. The lowest BCUT2D eigenvalue weighted by molar-refractivity contribution is 0.310. The van der Waals surface area contributed by atoms with Crippen LogP contribution in [0.2, 0.25) is 5.02 Å². The Balaban J connectivity index is 2.10. The van der Waals surface area contributed by atoms with E-state index in [2.05, 4.69) is 16.9 Å². The molecule has 1 heterocycles. The van der Waals surface area contributed by atoms with Crippen molar-refractivity contribution in [2.75, 3.05) is 6.61 Å². The van der Waals surface area contributed by atoms with Gasteiger partial charge in [0.05, 0.1) is 23.1 Å². The van der Waals surface area contributed by atoms with Crippen LogP contribution in [-0.4, -0.2) is 16.6 Å². The largest absolute Gasteiger partial charge is 0.493 e. The molecule has 3 aromatic rings. The molecular weight excluding hydrogens is 312 g/mol. The molecule has 5 heteroatoms. The lowest BCUT2D eigenvalue weighted by Gasteiger charge is -2.11. The highest BCUT2D eigenvalue weighted by atomic mass is 35.5. The monoisotopic (exact) mass is 328 g/mol. The number of aromatic amines is 1. The number of aromatic nitrogens is 2. The SMILES string of the molecule is CCCCOc1ccc(Cl)cc1-c1nc2ccccc2c(=O)[nH]1. The molecule has 0 aliphatic heterocycles. The third-order valence-electron chi connectivity index (χ3n) is 3.57. The van der Waals surface area contributed by atoms with Gasteiger partial charge in [0.15, 0.2) is 0 Å². The summed E-state index contributed by atoms with van der Waals surface area (Å²) < 4.78 is 5.82. The van der Waals surface area contributed by atoms with Gasteiger partial charge in [-0.2, -0.15) is 0 Å². The van der Waals surface area contributed by atoms with Crippen molar-refractivity contribution < 1.29 is 4.74 Å². The molecule has 1 aromatic heterocycles. The summed E-state index contributed by atoms with van der Waals surface area (Å²) in [6.45, 7) is 2.72. The average Bonchev–Trinajstić information content (AvgIpc) is 2.56. The zero-order chi connectivity index (χ0) is 16.2. The number of rotatable bonds is 5. The molecule has 2 aromatic carbocycles. The third-order valence-corrected chi connectivity index (χ3v) is 3.80. The summed E-state index contributed by atoms with van der Waals surface area (Å²) in [4.78, 5) is 19.6. The first kappa shape index (κ1) is 15.6. The zero-order valence-electron chi connectivity index (χ0n) is 12.8. The normalized spacial score (nSPS) is 10.9. The Bertz CT molecular complexity index is 890.